The van der Waals surface area contributed by atoms with E-state index in [1.165, 1.54) is 11.1 Å². The van der Waals surface area contributed by atoms with E-state index in [-0.39, 0.29) is 24.0 Å². The predicted octanol–water partition coefficient (Wildman–Crippen LogP) is 2.50. The molecule has 3 rings (SSSR count). The van der Waals surface area contributed by atoms with Gasteiger partial charge < -0.3 is 14.8 Å². The second-order valence-corrected chi connectivity index (χ2v) is 7.28. The second-order valence-electron chi connectivity index (χ2n) is 7.28. The number of aromatic nitrogens is 3. The van der Waals surface area contributed by atoms with Crippen LogP contribution in [0.2, 0.25) is 0 Å². The van der Waals surface area contributed by atoms with Crippen molar-refractivity contribution in [1.29, 1.82) is 0 Å². The Morgan fingerprint density at radius 2 is 1.97 bits per heavy atom. The molecule has 0 saturated carbocycles. The molecule has 158 valence electrons. The molecule has 1 aromatic heterocycles. The van der Waals surface area contributed by atoms with E-state index in [1.807, 2.05) is 24.6 Å². The van der Waals surface area contributed by atoms with Crippen molar-refractivity contribution in [2.75, 3.05) is 32.7 Å². The Kier molecular flexibility index (Phi) is 9.09. The Morgan fingerprint density at radius 3 is 2.59 bits per heavy atom. The number of hydrogen-bond acceptors (Lipinski definition) is 4. The van der Waals surface area contributed by atoms with Gasteiger partial charge in [0.05, 0.1) is 0 Å². The van der Waals surface area contributed by atoms with Crippen LogP contribution in [0.4, 0.5) is 0 Å². The van der Waals surface area contributed by atoms with Gasteiger partial charge in [-0.3, -0.25) is 4.90 Å². The highest BCUT2D eigenvalue weighted by atomic mass is 127. The topological polar surface area (TPSA) is 61.6 Å². The minimum Gasteiger partial charge on any atom is -0.353 e. The number of aliphatic imine (C=N–C) groups is 1. The molecule has 1 fully saturated rings. The molecule has 0 unspecified atom stereocenters. The summed E-state index contributed by atoms with van der Waals surface area (Å²) in [7, 11) is 1.97. The van der Waals surface area contributed by atoms with Crippen molar-refractivity contribution in [2.45, 2.75) is 26.9 Å². The fraction of sp³-hybridized carbons (Fsp3) is 0.476. The first-order chi connectivity index (χ1) is 13.6. The zero-order chi connectivity index (χ0) is 19.9. The summed E-state index contributed by atoms with van der Waals surface area (Å²) in [5.74, 6) is 2.68. The summed E-state index contributed by atoms with van der Waals surface area (Å²) in [5.41, 5.74) is 2.70. The zero-order valence-electron chi connectivity index (χ0n) is 17.6. The molecule has 0 aliphatic carbocycles. The third-order valence-corrected chi connectivity index (χ3v) is 5.12. The quantitative estimate of drug-likeness (QED) is 0.281. The van der Waals surface area contributed by atoms with Gasteiger partial charge in [0, 0.05) is 46.3 Å². The highest BCUT2D eigenvalue weighted by Crippen LogP contribution is 2.11. The molecular weight excluding hydrogens is 477 g/mol. The summed E-state index contributed by atoms with van der Waals surface area (Å²) in [6.07, 6.45) is 1.86. The first kappa shape index (κ1) is 23.3. The van der Waals surface area contributed by atoms with E-state index in [4.69, 9.17) is 4.99 Å². The number of guanidine groups is 1. The maximum absolute atomic E-state index is 4.79. The summed E-state index contributed by atoms with van der Waals surface area (Å²) >= 11 is 0. The molecule has 0 amide bonds. The van der Waals surface area contributed by atoms with Gasteiger partial charge in [-0.15, -0.1) is 40.8 Å². The number of benzene rings is 1. The Morgan fingerprint density at radius 1 is 1.21 bits per heavy atom. The van der Waals surface area contributed by atoms with E-state index in [9.17, 15) is 0 Å². The Bertz CT molecular complexity index is 822. The average Bonchev–Trinajstić information content (AvgIpc) is 3.01. The maximum atomic E-state index is 4.79. The molecule has 0 bridgehead atoms. The van der Waals surface area contributed by atoms with Gasteiger partial charge in [-0.25, -0.2) is 4.99 Å². The number of rotatable bonds is 6. The van der Waals surface area contributed by atoms with Gasteiger partial charge in [-0.05, 0) is 19.4 Å². The fourth-order valence-corrected chi connectivity index (χ4v) is 3.35. The van der Waals surface area contributed by atoms with Gasteiger partial charge in [0.25, 0.3) is 0 Å². The molecule has 2 heterocycles. The van der Waals surface area contributed by atoms with Crippen molar-refractivity contribution in [2.24, 2.45) is 12.0 Å². The Labute approximate surface area is 190 Å². The van der Waals surface area contributed by atoms with E-state index in [0.29, 0.717) is 13.1 Å². The van der Waals surface area contributed by atoms with Crippen LogP contribution in [-0.4, -0.2) is 63.2 Å². The van der Waals surface area contributed by atoms with Crippen molar-refractivity contribution in [1.82, 2.24) is 29.9 Å². The summed E-state index contributed by atoms with van der Waals surface area (Å²) in [6.45, 7) is 14.1. The molecule has 1 aromatic carbocycles. The van der Waals surface area contributed by atoms with E-state index in [0.717, 1.165) is 50.3 Å². The van der Waals surface area contributed by atoms with Gasteiger partial charge in [-0.1, -0.05) is 35.9 Å². The van der Waals surface area contributed by atoms with E-state index < -0.39 is 0 Å². The molecule has 1 N–H and O–H groups in total. The van der Waals surface area contributed by atoms with Crippen LogP contribution < -0.4 is 5.32 Å². The average molecular weight is 509 g/mol. The number of nitrogens with zero attached hydrogens (tertiary/aromatic N) is 6. The summed E-state index contributed by atoms with van der Waals surface area (Å²) in [6, 6.07) is 8.77. The lowest BCUT2D eigenvalue weighted by atomic mass is 10.1. The molecule has 7 nitrogen and oxygen atoms in total. The first-order valence-electron chi connectivity index (χ1n) is 9.83. The van der Waals surface area contributed by atoms with Crippen molar-refractivity contribution in [3.63, 3.8) is 0 Å². The third-order valence-electron chi connectivity index (χ3n) is 5.12. The number of aryl methyl sites for hydroxylation is 2. The number of nitrogens with one attached hydrogen (secondary N) is 1. The van der Waals surface area contributed by atoms with Crippen LogP contribution in [0.3, 0.4) is 0 Å². The molecule has 0 spiro atoms. The van der Waals surface area contributed by atoms with Crippen molar-refractivity contribution >= 4 is 29.9 Å². The molecule has 0 atom stereocenters. The van der Waals surface area contributed by atoms with Crippen LogP contribution in [0.15, 0.2) is 41.9 Å². The number of piperazine rings is 1. The van der Waals surface area contributed by atoms with Crippen LogP contribution in [0.1, 0.15) is 22.8 Å². The van der Waals surface area contributed by atoms with Crippen LogP contribution in [0.5, 0.6) is 0 Å². The van der Waals surface area contributed by atoms with Gasteiger partial charge in [0.15, 0.2) is 11.8 Å². The number of halogens is 1. The van der Waals surface area contributed by atoms with Crippen molar-refractivity contribution in [3.8, 4) is 0 Å². The van der Waals surface area contributed by atoms with Gasteiger partial charge in [0.1, 0.15) is 12.4 Å². The highest BCUT2D eigenvalue weighted by Gasteiger charge is 2.20. The minimum absolute atomic E-state index is 0. The third kappa shape index (κ3) is 6.53. The lowest BCUT2D eigenvalue weighted by molar-refractivity contribution is 0.172. The van der Waals surface area contributed by atoms with E-state index in [2.05, 4.69) is 63.1 Å². The van der Waals surface area contributed by atoms with Crippen molar-refractivity contribution < 1.29 is 0 Å². The summed E-state index contributed by atoms with van der Waals surface area (Å²) in [5, 5.41) is 11.7. The Hall–Kier alpha value is -1.94. The largest absolute Gasteiger partial charge is 0.353 e. The van der Waals surface area contributed by atoms with Crippen LogP contribution in [0.25, 0.3) is 0 Å². The lowest BCUT2D eigenvalue weighted by Crippen LogP contribution is -2.52. The van der Waals surface area contributed by atoms with Gasteiger partial charge in [-0.2, -0.15) is 0 Å². The maximum Gasteiger partial charge on any atom is 0.194 e. The van der Waals surface area contributed by atoms with E-state index >= 15 is 0 Å². The highest BCUT2D eigenvalue weighted by molar-refractivity contribution is 14.0. The second kappa shape index (κ2) is 11.3. The Balaban J connectivity index is 0.00000300. The normalized spacial score (nSPS) is 15.1. The summed E-state index contributed by atoms with van der Waals surface area (Å²) in [4.78, 5) is 9.61. The number of hydrogen-bond donors (Lipinski definition) is 1. The molecule has 2 aromatic rings. The lowest BCUT2D eigenvalue weighted by Gasteiger charge is -2.36. The zero-order valence-corrected chi connectivity index (χ0v) is 20.0. The standard InChI is InChI=1S/C21H31N7.HI/c1-5-9-22-21(23-15-20-25-24-18(3)26(20)4)28-12-10-27(11-13-28)16-19-8-6-7-17(2)14-19;/h5-8,14H,1,9-13,15-16H2,2-4H3,(H,22,23);1H. The molecule has 1 aliphatic rings. The van der Waals surface area contributed by atoms with Crippen LogP contribution in [-0.2, 0) is 20.1 Å². The first-order valence-corrected chi connectivity index (χ1v) is 9.83. The minimum atomic E-state index is 0. The molecule has 1 saturated heterocycles. The molecule has 0 radical (unpaired) electrons. The molecule has 8 heteroatoms. The van der Waals surface area contributed by atoms with Gasteiger partial charge in [0.2, 0.25) is 0 Å². The monoisotopic (exact) mass is 509 g/mol. The molecule has 1 aliphatic heterocycles. The van der Waals surface area contributed by atoms with Crippen LogP contribution >= 0.6 is 24.0 Å². The van der Waals surface area contributed by atoms with E-state index in [1.54, 1.807) is 0 Å². The van der Waals surface area contributed by atoms with Crippen LogP contribution in [0, 0.1) is 13.8 Å². The SMILES string of the molecule is C=CCNC(=NCc1nnc(C)n1C)N1CCN(Cc2cccc(C)c2)CC1.I. The predicted molar refractivity (Wildman–Crippen MR) is 129 cm³/mol. The molecular formula is C21H32IN7. The fourth-order valence-electron chi connectivity index (χ4n) is 3.35. The smallest absolute Gasteiger partial charge is 0.194 e. The van der Waals surface area contributed by atoms with Crippen molar-refractivity contribution in [3.05, 3.63) is 59.7 Å². The molecule has 29 heavy (non-hydrogen) atoms. The van der Waals surface area contributed by atoms with Gasteiger partial charge >= 0.3 is 0 Å². The summed E-state index contributed by atoms with van der Waals surface area (Å²) < 4.78 is 1.98.